The van der Waals surface area contributed by atoms with E-state index < -0.39 is 0 Å². The summed E-state index contributed by atoms with van der Waals surface area (Å²) in [6.07, 6.45) is 1.06. The van der Waals surface area contributed by atoms with Gasteiger partial charge in [0.05, 0.1) is 13.2 Å². The van der Waals surface area contributed by atoms with E-state index in [0.717, 1.165) is 69.6 Å². The summed E-state index contributed by atoms with van der Waals surface area (Å²) in [5.41, 5.74) is 2.35. The van der Waals surface area contributed by atoms with E-state index in [4.69, 9.17) is 9.73 Å². The first-order valence-electron chi connectivity index (χ1n) is 11.6. The maximum atomic E-state index is 6.09. The van der Waals surface area contributed by atoms with E-state index in [0.29, 0.717) is 18.5 Å². The van der Waals surface area contributed by atoms with Gasteiger partial charge in [-0.05, 0) is 51.8 Å². The van der Waals surface area contributed by atoms with Gasteiger partial charge in [-0.2, -0.15) is 0 Å². The Labute approximate surface area is 207 Å². The lowest BCUT2D eigenvalue weighted by Gasteiger charge is -2.36. The molecule has 0 saturated carbocycles. The number of halogens is 1. The quantitative estimate of drug-likeness (QED) is 0.267. The van der Waals surface area contributed by atoms with Crippen molar-refractivity contribution in [2.75, 3.05) is 52.9 Å². The fraction of sp³-hybridized carbons (Fsp3) is 0.708. The van der Waals surface area contributed by atoms with Crippen molar-refractivity contribution in [1.82, 2.24) is 20.4 Å². The first-order valence-corrected chi connectivity index (χ1v) is 11.6. The van der Waals surface area contributed by atoms with Gasteiger partial charge in [-0.3, -0.25) is 4.90 Å². The number of hydrogen-bond acceptors (Lipinski definition) is 4. The van der Waals surface area contributed by atoms with Crippen LogP contribution >= 0.6 is 24.0 Å². The van der Waals surface area contributed by atoms with Crippen LogP contribution in [0.2, 0.25) is 0 Å². The number of benzene rings is 1. The molecule has 2 N–H and O–H groups in total. The van der Waals surface area contributed by atoms with Crippen LogP contribution in [0.25, 0.3) is 0 Å². The third kappa shape index (κ3) is 10.4. The van der Waals surface area contributed by atoms with E-state index in [1.807, 2.05) is 0 Å². The van der Waals surface area contributed by atoms with E-state index >= 15 is 0 Å². The predicted octanol–water partition coefficient (Wildman–Crippen LogP) is 3.73. The van der Waals surface area contributed by atoms with Gasteiger partial charge in [0, 0.05) is 50.9 Å². The molecule has 0 aromatic heterocycles. The summed E-state index contributed by atoms with van der Waals surface area (Å²) >= 11 is 0. The summed E-state index contributed by atoms with van der Waals surface area (Å²) in [5, 5.41) is 6.91. The summed E-state index contributed by atoms with van der Waals surface area (Å²) in [6.45, 7) is 18.6. The Balaban J connectivity index is 0.00000480. The van der Waals surface area contributed by atoms with Crippen molar-refractivity contribution in [2.24, 2.45) is 10.9 Å². The van der Waals surface area contributed by atoms with Gasteiger partial charge in [-0.15, -0.1) is 24.0 Å². The van der Waals surface area contributed by atoms with E-state index in [-0.39, 0.29) is 24.0 Å². The summed E-state index contributed by atoms with van der Waals surface area (Å²) in [6, 6.07) is 6.88. The molecule has 2 rings (SSSR count). The smallest absolute Gasteiger partial charge is 0.191 e. The van der Waals surface area contributed by atoms with E-state index in [1.54, 1.807) is 0 Å². The largest absolute Gasteiger partial charge is 0.493 e. The normalized spacial score (nSPS) is 16.7. The maximum Gasteiger partial charge on any atom is 0.191 e. The van der Waals surface area contributed by atoms with Gasteiger partial charge in [-0.1, -0.05) is 26.0 Å². The third-order valence-corrected chi connectivity index (χ3v) is 5.65. The minimum atomic E-state index is 0. The van der Waals surface area contributed by atoms with Crippen LogP contribution in [0.5, 0.6) is 5.75 Å². The lowest BCUT2D eigenvalue weighted by atomic mass is 10.1. The van der Waals surface area contributed by atoms with E-state index in [2.05, 4.69) is 80.3 Å². The Bertz CT molecular complexity index is 659. The van der Waals surface area contributed by atoms with Crippen LogP contribution in [-0.2, 0) is 6.54 Å². The molecule has 1 fully saturated rings. The minimum absolute atomic E-state index is 0. The summed E-state index contributed by atoms with van der Waals surface area (Å²) in [4.78, 5) is 9.78. The van der Waals surface area contributed by atoms with Crippen LogP contribution in [0.1, 0.15) is 45.2 Å². The fourth-order valence-electron chi connectivity index (χ4n) is 3.47. The molecule has 6 nitrogen and oxygen atoms in total. The van der Waals surface area contributed by atoms with E-state index in [9.17, 15) is 0 Å². The molecule has 1 aliphatic rings. The van der Waals surface area contributed by atoms with Gasteiger partial charge >= 0.3 is 0 Å². The molecule has 0 amide bonds. The third-order valence-electron chi connectivity index (χ3n) is 5.65. The Hall–Kier alpha value is -1.06. The molecule has 31 heavy (non-hydrogen) atoms. The number of nitrogens with zero attached hydrogens (tertiary/aromatic N) is 3. The van der Waals surface area contributed by atoms with Crippen LogP contribution in [0, 0.1) is 12.8 Å². The highest BCUT2D eigenvalue weighted by atomic mass is 127. The molecule has 1 aromatic rings. The average molecular weight is 546 g/mol. The van der Waals surface area contributed by atoms with Crippen LogP contribution in [-0.4, -0.2) is 74.7 Å². The highest BCUT2D eigenvalue weighted by Gasteiger charge is 2.19. The van der Waals surface area contributed by atoms with Crippen molar-refractivity contribution in [1.29, 1.82) is 0 Å². The molecule has 178 valence electrons. The van der Waals surface area contributed by atoms with Crippen LogP contribution in [0.4, 0.5) is 0 Å². The van der Waals surface area contributed by atoms with Gasteiger partial charge in [0.1, 0.15) is 5.75 Å². The lowest BCUT2D eigenvalue weighted by Crippen LogP contribution is -2.52. The van der Waals surface area contributed by atoms with E-state index in [1.165, 1.54) is 5.56 Å². The molecule has 0 aliphatic carbocycles. The molecule has 0 bridgehead atoms. The highest BCUT2D eigenvalue weighted by molar-refractivity contribution is 14.0. The maximum absolute atomic E-state index is 6.09. The zero-order valence-corrected chi connectivity index (χ0v) is 22.7. The van der Waals surface area contributed by atoms with Gasteiger partial charge < -0.3 is 20.3 Å². The number of rotatable bonds is 10. The monoisotopic (exact) mass is 545 g/mol. The van der Waals surface area contributed by atoms with Crippen molar-refractivity contribution in [3.05, 3.63) is 29.3 Å². The first-order chi connectivity index (χ1) is 14.4. The number of piperazine rings is 1. The molecule has 1 aliphatic heterocycles. The van der Waals surface area contributed by atoms with Gasteiger partial charge in [0.15, 0.2) is 5.96 Å². The van der Waals surface area contributed by atoms with Crippen molar-refractivity contribution >= 4 is 29.9 Å². The molecule has 0 spiro atoms. The fourth-order valence-corrected chi connectivity index (χ4v) is 3.47. The standard InChI is InChI=1S/C24H43N5O.HI/c1-7-25-24(26-17-21(5)29-13-11-28(6)12-14-29)27-18-22-9-8-20(4)16-23(22)30-15-10-19(2)3;/h8-9,16,19,21H,7,10-15,17-18H2,1-6H3,(H2,25,26,27);1H. The number of aliphatic imine (C=N–C) groups is 1. The Morgan fingerprint density at radius 1 is 1.13 bits per heavy atom. The second-order valence-electron chi connectivity index (χ2n) is 8.91. The average Bonchev–Trinajstić information content (AvgIpc) is 2.71. The van der Waals surface area contributed by atoms with Crippen molar-refractivity contribution in [2.45, 2.75) is 53.6 Å². The highest BCUT2D eigenvalue weighted by Crippen LogP contribution is 2.22. The van der Waals surface area contributed by atoms with Crippen molar-refractivity contribution in [3.63, 3.8) is 0 Å². The SMILES string of the molecule is CCNC(=NCc1ccc(C)cc1OCCC(C)C)NCC(C)N1CCN(C)CC1.I. The van der Waals surface area contributed by atoms with Gasteiger partial charge in [0.2, 0.25) is 0 Å². The summed E-state index contributed by atoms with van der Waals surface area (Å²) in [5.74, 6) is 2.47. The summed E-state index contributed by atoms with van der Waals surface area (Å²) in [7, 11) is 2.20. The zero-order valence-electron chi connectivity index (χ0n) is 20.4. The molecular formula is C24H44IN5O. The van der Waals surface area contributed by atoms with Crippen molar-refractivity contribution < 1.29 is 4.74 Å². The Kier molecular flexibility index (Phi) is 13.4. The first kappa shape index (κ1) is 28.0. The topological polar surface area (TPSA) is 52.1 Å². The predicted molar refractivity (Wildman–Crippen MR) is 143 cm³/mol. The minimum Gasteiger partial charge on any atom is -0.493 e. The molecule has 1 aromatic carbocycles. The molecule has 0 radical (unpaired) electrons. The Morgan fingerprint density at radius 2 is 1.84 bits per heavy atom. The second-order valence-corrected chi connectivity index (χ2v) is 8.91. The second kappa shape index (κ2) is 14.9. The molecular weight excluding hydrogens is 501 g/mol. The van der Waals surface area contributed by atoms with Gasteiger partial charge in [-0.25, -0.2) is 4.99 Å². The number of ether oxygens (including phenoxy) is 1. The molecule has 1 heterocycles. The van der Waals surface area contributed by atoms with Crippen LogP contribution in [0.3, 0.4) is 0 Å². The molecule has 7 heteroatoms. The van der Waals surface area contributed by atoms with Crippen LogP contribution in [0.15, 0.2) is 23.2 Å². The number of aryl methyl sites for hydroxylation is 1. The molecule has 1 unspecified atom stereocenters. The molecule has 1 saturated heterocycles. The number of guanidine groups is 1. The van der Waals surface area contributed by atoms with Crippen LogP contribution < -0.4 is 15.4 Å². The zero-order chi connectivity index (χ0) is 21.9. The Morgan fingerprint density at radius 3 is 2.48 bits per heavy atom. The summed E-state index contributed by atoms with van der Waals surface area (Å²) < 4.78 is 6.09. The van der Waals surface area contributed by atoms with Gasteiger partial charge in [0.25, 0.3) is 0 Å². The number of hydrogen-bond donors (Lipinski definition) is 2. The molecule has 1 atom stereocenters. The van der Waals surface area contributed by atoms with Crippen molar-refractivity contribution in [3.8, 4) is 5.75 Å². The number of likely N-dealkylation sites (N-methyl/N-ethyl adjacent to an activating group) is 1. The number of nitrogens with one attached hydrogen (secondary N) is 2. The lowest BCUT2D eigenvalue weighted by molar-refractivity contribution is 0.120.